The van der Waals surface area contributed by atoms with Crippen LogP contribution in [0.4, 0.5) is 4.79 Å². The minimum Gasteiger partial charge on any atom is -0.450 e. The van der Waals surface area contributed by atoms with Crippen molar-refractivity contribution in [1.82, 2.24) is 10.6 Å². The first-order valence-corrected chi connectivity index (χ1v) is 7.77. The summed E-state index contributed by atoms with van der Waals surface area (Å²) in [5.41, 5.74) is 0. The second kappa shape index (κ2) is 7.90. The Hall–Kier alpha value is -0.550. The summed E-state index contributed by atoms with van der Waals surface area (Å²) in [4.78, 5) is 11.6. The molecule has 0 saturated carbocycles. The monoisotopic (exact) mass is 332 g/mol. The largest absolute Gasteiger partial charge is 0.450 e. The Kier molecular flexibility index (Phi) is 6.86. The molecule has 0 radical (unpaired) electrons. The van der Waals surface area contributed by atoms with E-state index in [0.717, 1.165) is 12.8 Å². The molecule has 0 aromatic rings. The van der Waals surface area contributed by atoms with Crippen LogP contribution in [0.5, 0.6) is 0 Å². The van der Waals surface area contributed by atoms with Gasteiger partial charge in [-0.2, -0.15) is 0 Å². The quantitative estimate of drug-likeness (QED) is 0.831. The minimum atomic E-state index is -0.310. The highest BCUT2D eigenvalue weighted by Crippen LogP contribution is 2.28. The van der Waals surface area contributed by atoms with Crippen LogP contribution < -0.4 is 10.6 Å². The molecule has 1 aliphatic rings. The zero-order valence-electron chi connectivity index (χ0n) is 12.2. The van der Waals surface area contributed by atoms with Gasteiger partial charge in [0.1, 0.15) is 0 Å². The van der Waals surface area contributed by atoms with Crippen molar-refractivity contribution in [2.75, 3.05) is 6.61 Å². The summed E-state index contributed by atoms with van der Waals surface area (Å²) in [5, 5.41) is 6.56. The van der Waals surface area contributed by atoms with E-state index in [0.29, 0.717) is 24.6 Å². The Balaban J connectivity index is 2.72. The lowest BCUT2D eigenvalue weighted by Gasteiger charge is -2.40. The van der Waals surface area contributed by atoms with Gasteiger partial charge in [0, 0.05) is 18.1 Å². The van der Waals surface area contributed by atoms with E-state index < -0.39 is 0 Å². The average molecular weight is 333 g/mol. The molecule has 1 rings (SSSR count). The number of amides is 1. The van der Waals surface area contributed by atoms with Gasteiger partial charge in [0.15, 0.2) is 0 Å². The van der Waals surface area contributed by atoms with E-state index in [1.54, 1.807) is 0 Å². The van der Waals surface area contributed by atoms with Gasteiger partial charge in [-0.15, -0.1) is 0 Å². The van der Waals surface area contributed by atoms with Crippen LogP contribution in [-0.4, -0.2) is 30.8 Å². The number of carbonyl (C=O) groups excluding carboxylic acids is 1. The molecule has 0 aliphatic carbocycles. The lowest BCUT2D eigenvalue weighted by Crippen LogP contribution is -2.57. The summed E-state index contributed by atoms with van der Waals surface area (Å²) in [6.07, 6.45) is 3.61. The number of nitrogens with one attached hydrogen (secondary N) is 2. The molecule has 2 N–H and O–H groups in total. The number of hydrogen-bond acceptors (Lipinski definition) is 3. The van der Waals surface area contributed by atoms with Crippen LogP contribution in [0.1, 0.15) is 40.5 Å². The normalized spacial score (nSPS) is 31.9. The number of alkyl carbamates (subject to hydrolysis) is 1. The van der Waals surface area contributed by atoms with Crippen LogP contribution >= 0.6 is 15.9 Å². The molecule has 1 saturated heterocycles. The third-order valence-electron chi connectivity index (χ3n) is 3.64. The molecule has 19 heavy (non-hydrogen) atoms. The number of piperidine rings is 1. The van der Waals surface area contributed by atoms with Gasteiger partial charge >= 0.3 is 6.09 Å². The molecule has 0 spiro atoms. The van der Waals surface area contributed by atoms with Crippen LogP contribution in [0.2, 0.25) is 0 Å². The van der Waals surface area contributed by atoms with E-state index in [-0.39, 0.29) is 12.1 Å². The van der Waals surface area contributed by atoms with Gasteiger partial charge < -0.3 is 15.4 Å². The summed E-state index contributed by atoms with van der Waals surface area (Å²) >= 11 is 3.57. The SMILES string of the molecule is C/C=C(/Br)CC1[C@@H](C)N[C@@H](C)C[C@H]1NC(=O)OCC. The topological polar surface area (TPSA) is 50.4 Å². The van der Waals surface area contributed by atoms with E-state index >= 15 is 0 Å². The minimum absolute atomic E-state index is 0.151. The summed E-state index contributed by atoms with van der Waals surface area (Å²) in [5.74, 6) is 0.367. The fraction of sp³-hybridized carbons (Fsp3) is 0.786. The summed E-state index contributed by atoms with van der Waals surface area (Å²) in [6.45, 7) is 8.57. The number of carbonyl (C=O) groups is 1. The van der Waals surface area contributed by atoms with Gasteiger partial charge in [0.25, 0.3) is 0 Å². The Bertz CT molecular complexity index is 333. The Morgan fingerprint density at radius 2 is 2.21 bits per heavy atom. The molecule has 5 heteroatoms. The molecular weight excluding hydrogens is 308 g/mol. The van der Waals surface area contributed by atoms with Crippen molar-refractivity contribution in [3.8, 4) is 0 Å². The van der Waals surface area contributed by atoms with Crippen LogP contribution in [0.15, 0.2) is 10.6 Å². The third-order valence-corrected chi connectivity index (χ3v) is 4.42. The smallest absolute Gasteiger partial charge is 0.407 e. The summed E-state index contributed by atoms with van der Waals surface area (Å²) in [7, 11) is 0. The maximum Gasteiger partial charge on any atom is 0.407 e. The third kappa shape index (κ3) is 5.15. The van der Waals surface area contributed by atoms with Gasteiger partial charge in [-0.25, -0.2) is 4.79 Å². The van der Waals surface area contributed by atoms with E-state index in [1.807, 2.05) is 13.8 Å². The fourth-order valence-electron chi connectivity index (χ4n) is 2.70. The number of halogens is 1. The highest BCUT2D eigenvalue weighted by atomic mass is 79.9. The second-order valence-electron chi connectivity index (χ2n) is 5.17. The zero-order valence-corrected chi connectivity index (χ0v) is 13.8. The van der Waals surface area contributed by atoms with Crippen LogP contribution in [0.25, 0.3) is 0 Å². The van der Waals surface area contributed by atoms with Gasteiger partial charge in [-0.3, -0.25) is 0 Å². The Morgan fingerprint density at radius 3 is 2.79 bits per heavy atom. The first-order chi connectivity index (χ1) is 8.97. The van der Waals surface area contributed by atoms with Gasteiger partial charge in [-0.05, 0) is 50.9 Å². The van der Waals surface area contributed by atoms with Gasteiger partial charge in [-0.1, -0.05) is 22.0 Å². The molecule has 110 valence electrons. The maximum absolute atomic E-state index is 11.6. The van der Waals surface area contributed by atoms with Crippen molar-refractivity contribution in [1.29, 1.82) is 0 Å². The van der Waals surface area contributed by atoms with E-state index in [2.05, 4.69) is 46.5 Å². The molecule has 1 heterocycles. The van der Waals surface area contributed by atoms with Crippen molar-refractivity contribution >= 4 is 22.0 Å². The van der Waals surface area contributed by atoms with Crippen LogP contribution in [0, 0.1) is 5.92 Å². The molecule has 1 aliphatic heterocycles. The fourth-order valence-corrected chi connectivity index (χ4v) is 3.07. The molecule has 1 amide bonds. The first-order valence-electron chi connectivity index (χ1n) is 6.97. The summed E-state index contributed by atoms with van der Waals surface area (Å²) < 4.78 is 6.18. The first kappa shape index (κ1) is 16.5. The van der Waals surface area contributed by atoms with E-state index in [9.17, 15) is 4.79 Å². The molecule has 0 aromatic carbocycles. The standard InChI is InChI=1S/C14H25BrN2O2/c1-5-11(15)8-12-10(4)16-9(3)7-13(12)17-14(18)19-6-2/h5,9-10,12-13,16H,6-8H2,1-4H3,(H,17,18)/b11-5+/t9-,10+,12?,13+/m0/s1. The zero-order chi connectivity index (χ0) is 14.4. The van der Waals surface area contributed by atoms with Gasteiger partial charge in [0.05, 0.1) is 6.61 Å². The second-order valence-corrected chi connectivity index (χ2v) is 6.19. The molecular formula is C14H25BrN2O2. The Labute approximate surface area is 124 Å². The van der Waals surface area contributed by atoms with Gasteiger partial charge in [0.2, 0.25) is 0 Å². The van der Waals surface area contributed by atoms with E-state index in [4.69, 9.17) is 4.74 Å². The van der Waals surface area contributed by atoms with Crippen molar-refractivity contribution in [3.05, 3.63) is 10.6 Å². The average Bonchev–Trinajstić information content (AvgIpc) is 2.33. The molecule has 4 nitrogen and oxygen atoms in total. The predicted molar refractivity (Wildman–Crippen MR) is 81.4 cm³/mol. The number of hydrogen-bond donors (Lipinski definition) is 2. The van der Waals surface area contributed by atoms with Crippen molar-refractivity contribution in [3.63, 3.8) is 0 Å². The molecule has 1 unspecified atom stereocenters. The van der Waals surface area contributed by atoms with Crippen molar-refractivity contribution in [2.24, 2.45) is 5.92 Å². The number of ether oxygens (including phenoxy) is 1. The maximum atomic E-state index is 11.6. The predicted octanol–water partition coefficient (Wildman–Crippen LogP) is 3.18. The molecule has 0 bridgehead atoms. The summed E-state index contributed by atoms with van der Waals surface area (Å²) in [6, 6.07) is 0.920. The lowest BCUT2D eigenvalue weighted by molar-refractivity contribution is 0.128. The Morgan fingerprint density at radius 1 is 1.53 bits per heavy atom. The van der Waals surface area contributed by atoms with E-state index in [1.165, 1.54) is 4.48 Å². The number of allylic oxidation sites excluding steroid dienone is 2. The van der Waals surface area contributed by atoms with Crippen molar-refractivity contribution in [2.45, 2.75) is 58.7 Å². The van der Waals surface area contributed by atoms with Crippen LogP contribution in [0.3, 0.4) is 0 Å². The van der Waals surface area contributed by atoms with Crippen LogP contribution in [-0.2, 0) is 4.74 Å². The number of rotatable bonds is 4. The lowest BCUT2D eigenvalue weighted by atomic mass is 9.82. The van der Waals surface area contributed by atoms with Crippen molar-refractivity contribution < 1.29 is 9.53 Å². The highest BCUT2D eigenvalue weighted by Gasteiger charge is 2.34. The highest BCUT2D eigenvalue weighted by molar-refractivity contribution is 9.11. The molecule has 1 fully saturated rings. The molecule has 0 aromatic heterocycles. The molecule has 4 atom stereocenters.